The number of ether oxygens (including phenoxy) is 1. The van der Waals surface area contributed by atoms with E-state index in [1.54, 1.807) is 48.5 Å². The molecule has 0 bridgehead atoms. The molecule has 0 amide bonds. The first-order valence-corrected chi connectivity index (χ1v) is 11.3. The fourth-order valence-electron chi connectivity index (χ4n) is 2.84. The Labute approximate surface area is 202 Å². The first kappa shape index (κ1) is 27.0. The maximum Gasteiger partial charge on any atom is 0.344 e. The fourth-order valence-corrected chi connectivity index (χ4v) is 2.84. The van der Waals surface area contributed by atoms with E-state index in [2.05, 4.69) is 5.16 Å². The number of rotatable bonds is 5. The molecule has 0 heterocycles. The van der Waals surface area contributed by atoms with Gasteiger partial charge in [-0.15, -0.1) is 0 Å². The number of oxime groups is 1. The molecule has 0 spiro atoms. The van der Waals surface area contributed by atoms with Crippen molar-refractivity contribution in [3.63, 3.8) is 0 Å². The lowest BCUT2D eigenvalue weighted by atomic mass is 9.86. The van der Waals surface area contributed by atoms with E-state index in [0.29, 0.717) is 16.7 Å². The van der Waals surface area contributed by atoms with Gasteiger partial charge in [-0.3, -0.25) is 9.59 Å². The van der Waals surface area contributed by atoms with Crippen molar-refractivity contribution in [2.75, 3.05) is 0 Å². The second-order valence-electron chi connectivity index (χ2n) is 11.3. The van der Waals surface area contributed by atoms with Crippen molar-refractivity contribution in [1.82, 2.24) is 0 Å². The van der Waals surface area contributed by atoms with Gasteiger partial charge in [0.25, 0.3) is 5.90 Å². The van der Waals surface area contributed by atoms with Gasteiger partial charge in [-0.05, 0) is 50.2 Å². The van der Waals surface area contributed by atoms with Crippen molar-refractivity contribution >= 4 is 23.4 Å². The lowest BCUT2D eigenvalue weighted by Gasteiger charge is -2.18. The minimum atomic E-state index is -0.638. The molecule has 0 radical (unpaired) electrons. The molecule has 2 aromatic rings. The van der Waals surface area contributed by atoms with E-state index >= 15 is 0 Å². The predicted octanol–water partition coefficient (Wildman–Crippen LogP) is 6.48. The minimum Gasteiger partial charge on any atom is -0.400 e. The molecular formula is C28H35NO5. The van der Waals surface area contributed by atoms with E-state index in [4.69, 9.17) is 9.57 Å². The maximum atomic E-state index is 12.8. The van der Waals surface area contributed by atoms with Gasteiger partial charge >= 0.3 is 5.97 Å². The Bertz CT molecular complexity index is 1070. The summed E-state index contributed by atoms with van der Waals surface area (Å²) in [5.41, 5.74) is 0.198. The van der Waals surface area contributed by atoms with Crippen LogP contribution in [0.1, 0.15) is 99.0 Å². The van der Waals surface area contributed by atoms with Crippen molar-refractivity contribution in [1.29, 1.82) is 0 Å². The van der Waals surface area contributed by atoms with Crippen LogP contribution in [0.15, 0.2) is 53.7 Å². The third kappa shape index (κ3) is 7.37. The summed E-state index contributed by atoms with van der Waals surface area (Å²) in [5.74, 6) is -0.672. The molecule has 182 valence electrons. The molecule has 0 saturated carbocycles. The lowest BCUT2D eigenvalue weighted by Crippen LogP contribution is -2.22. The number of carbonyl (C=O) groups is 3. The smallest absolute Gasteiger partial charge is 0.344 e. The van der Waals surface area contributed by atoms with Crippen LogP contribution in [0.3, 0.4) is 0 Å². The summed E-state index contributed by atoms with van der Waals surface area (Å²) in [7, 11) is 0. The van der Waals surface area contributed by atoms with Crippen LogP contribution in [0.25, 0.3) is 0 Å². The molecule has 0 aromatic heterocycles. The highest BCUT2D eigenvalue weighted by molar-refractivity contribution is 6.06. The summed E-state index contributed by atoms with van der Waals surface area (Å²) in [6, 6.07) is 13.0. The number of ketones is 2. The van der Waals surface area contributed by atoms with E-state index in [9.17, 15) is 14.4 Å². The number of esters is 1. The number of nitrogens with zero attached hydrogens (tertiary/aromatic N) is 1. The van der Waals surface area contributed by atoms with Gasteiger partial charge in [-0.1, -0.05) is 65.8 Å². The van der Waals surface area contributed by atoms with Crippen molar-refractivity contribution in [3.8, 4) is 0 Å². The zero-order valence-electron chi connectivity index (χ0n) is 21.6. The fraction of sp³-hybridized carbons (Fsp3) is 0.429. The number of hydrogen-bond acceptors (Lipinski definition) is 6. The van der Waals surface area contributed by atoms with Crippen LogP contribution in [0.5, 0.6) is 0 Å². The van der Waals surface area contributed by atoms with Crippen molar-refractivity contribution in [2.24, 2.45) is 16.0 Å². The first-order valence-electron chi connectivity index (χ1n) is 11.3. The Morgan fingerprint density at radius 2 is 0.941 bits per heavy atom. The maximum absolute atomic E-state index is 12.8. The molecule has 0 fully saturated rings. The Morgan fingerprint density at radius 1 is 0.588 bits per heavy atom. The SMILES string of the molecule is CC(C)(C)O/N=C(\OC(=O)c1ccc(C(=O)C(C)(C)C)cc1)c1ccc(C(=O)C(C)(C)C)cc1. The monoisotopic (exact) mass is 465 g/mol. The number of benzene rings is 2. The zero-order valence-corrected chi connectivity index (χ0v) is 21.6. The van der Waals surface area contributed by atoms with Gasteiger partial charge in [0, 0.05) is 27.5 Å². The van der Waals surface area contributed by atoms with E-state index in [1.807, 2.05) is 62.3 Å². The second-order valence-corrected chi connectivity index (χ2v) is 11.3. The molecule has 0 N–H and O–H groups in total. The molecular weight excluding hydrogens is 430 g/mol. The largest absolute Gasteiger partial charge is 0.400 e. The lowest BCUT2D eigenvalue weighted by molar-refractivity contribution is -0.00322. The minimum absolute atomic E-state index is 0.00497. The van der Waals surface area contributed by atoms with Gasteiger partial charge in [0.05, 0.1) is 5.56 Å². The van der Waals surface area contributed by atoms with E-state index in [-0.39, 0.29) is 23.0 Å². The predicted molar refractivity (Wildman–Crippen MR) is 133 cm³/mol. The molecule has 0 saturated heterocycles. The summed E-state index contributed by atoms with van der Waals surface area (Å²) >= 11 is 0. The average Bonchev–Trinajstić information content (AvgIpc) is 2.73. The zero-order chi connectivity index (χ0) is 25.9. The van der Waals surface area contributed by atoms with Crippen molar-refractivity contribution in [3.05, 3.63) is 70.8 Å². The summed E-state index contributed by atoms with van der Waals surface area (Å²) in [4.78, 5) is 43.3. The molecule has 2 aromatic carbocycles. The Hall–Kier alpha value is -3.28. The molecule has 2 rings (SSSR count). The highest BCUT2D eigenvalue weighted by Crippen LogP contribution is 2.23. The molecule has 0 aliphatic rings. The number of carbonyl (C=O) groups excluding carboxylic acids is 3. The van der Waals surface area contributed by atoms with Crippen LogP contribution >= 0.6 is 0 Å². The molecule has 0 unspecified atom stereocenters. The van der Waals surface area contributed by atoms with E-state index < -0.39 is 22.4 Å². The highest BCUT2D eigenvalue weighted by atomic mass is 16.7. The number of Topliss-reactive ketones (excluding diaryl/α,β-unsaturated/α-hetero) is 2. The van der Waals surface area contributed by atoms with Crippen molar-refractivity contribution < 1.29 is 24.0 Å². The van der Waals surface area contributed by atoms with Gasteiger partial charge in [0.1, 0.15) is 5.60 Å². The van der Waals surface area contributed by atoms with E-state index in [0.717, 1.165) is 0 Å². The van der Waals surface area contributed by atoms with Gasteiger partial charge in [0.2, 0.25) is 0 Å². The summed E-state index contributed by atoms with van der Waals surface area (Å²) in [6.07, 6.45) is 0. The Morgan fingerprint density at radius 3 is 1.29 bits per heavy atom. The standard InChI is InChI=1S/C28H35NO5/c1-26(2,3)22(30)18-10-14-20(15-11-18)24(29-34-28(7,8)9)33-25(32)21-16-12-19(13-17-21)23(31)27(4,5)6/h10-17H,1-9H3/b29-24-. The molecule has 0 aliphatic heterocycles. The Kier molecular flexibility index (Phi) is 7.87. The van der Waals surface area contributed by atoms with Crippen LogP contribution in [0, 0.1) is 10.8 Å². The van der Waals surface area contributed by atoms with Crippen LogP contribution in [-0.2, 0) is 9.57 Å². The van der Waals surface area contributed by atoms with Gasteiger partial charge in [-0.25, -0.2) is 4.79 Å². The molecule has 6 nitrogen and oxygen atoms in total. The van der Waals surface area contributed by atoms with Crippen LogP contribution in [0.2, 0.25) is 0 Å². The van der Waals surface area contributed by atoms with Crippen LogP contribution < -0.4 is 0 Å². The molecule has 6 heteroatoms. The normalized spacial score (nSPS) is 12.8. The quantitative estimate of drug-likeness (QED) is 0.166. The second kappa shape index (κ2) is 9.92. The third-order valence-corrected chi connectivity index (χ3v) is 4.73. The van der Waals surface area contributed by atoms with Gasteiger partial charge in [-0.2, -0.15) is 0 Å². The summed E-state index contributed by atoms with van der Waals surface area (Å²) in [6.45, 7) is 16.6. The van der Waals surface area contributed by atoms with Gasteiger partial charge < -0.3 is 9.57 Å². The highest BCUT2D eigenvalue weighted by Gasteiger charge is 2.25. The number of hydrogen-bond donors (Lipinski definition) is 0. The molecule has 34 heavy (non-hydrogen) atoms. The van der Waals surface area contributed by atoms with Crippen LogP contribution in [-0.4, -0.2) is 29.0 Å². The first-order chi connectivity index (χ1) is 15.5. The summed E-state index contributed by atoms with van der Waals surface area (Å²) in [5, 5.41) is 4.07. The molecule has 0 atom stereocenters. The van der Waals surface area contributed by atoms with Gasteiger partial charge in [0.15, 0.2) is 11.6 Å². The van der Waals surface area contributed by atoms with E-state index in [1.165, 1.54) is 0 Å². The van der Waals surface area contributed by atoms with Crippen molar-refractivity contribution in [2.45, 2.75) is 67.9 Å². The summed E-state index contributed by atoms with van der Waals surface area (Å²) < 4.78 is 5.57. The third-order valence-electron chi connectivity index (χ3n) is 4.73. The van der Waals surface area contributed by atoms with Crippen LogP contribution in [0.4, 0.5) is 0 Å². The Balaban J connectivity index is 2.31. The topological polar surface area (TPSA) is 82.0 Å². The molecule has 0 aliphatic carbocycles. The average molecular weight is 466 g/mol.